The van der Waals surface area contributed by atoms with E-state index in [1.807, 2.05) is 59.6 Å². The van der Waals surface area contributed by atoms with Gasteiger partial charge in [-0.2, -0.15) is 0 Å². The average Bonchev–Trinajstić information content (AvgIpc) is 3.15. The molecule has 0 nitrogen and oxygen atoms in total. The van der Waals surface area contributed by atoms with Gasteiger partial charge in [0.2, 0.25) is 0 Å². The molecule has 0 fully saturated rings. The molecule has 2 aliphatic heterocycles. The Morgan fingerprint density at radius 1 is 0.917 bits per heavy atom. The Morgan fingerprint density at radius 2 is 1.62 bits per heavy atom. The summed E-state index contributed by atoms with van der Waals surface area (Å²) in [6.07, 6.45) is 6.56. The summed E-state index contributed by atoms with van der Waals surface area (Å²) < 4.78 is 2.77. The third-order valence-corrected chi connectivity index (χ3v) is 9.30. The normalized spacial score (nSPS) is 20.2. The molecule has 0 atom stereocenters. The molecular weight excluding hydrogens is 368 g/mol. The fourth-order valence-corrected chi connectivity index (χ4v) is 7.56. The van der Waals surface area contributed by atoms with E-state index in [-0.39, 0.29) is 0 Å². The number of hydrogen-bond acceptors (Lipinski definition) is 4. The van der Waals surface area contributed by atoms with Gasteiger partial charge in [0.1, 0.15) is 0 Å². The maximum absolute atomic E-state index is 5.45. The Balaban J connectivity index is 1.77. The molecule has 2 heterocycles. The van der Waals surface area contributed by atoms with E-state index in [0.29, 0.717) is 0 Å². The molecule has 0 N–H and O–H groups in total. The van der Waals surface area contributed by atoms with Crippen molar-refractivity contribution in [3.05, 3.63) is 63.5 Å². The van der Waals surface area contributed by atoms with Gasteiger partial charge in [-0.3, -0.25) is 0 Å². The number of thioether (sulfide) groups is 4. The molecule has 0 unspecified atom stereocenters. The monoisotopic (exact) mass is 384 g/mol. The van der Waals surface area contributed by atoms with Crippen LogP contribution in [0.3, 0.4) is 0 Å². The maximum atomic E-state index is 5.45. The second-order valence-corrected chi connectivity index (χ2v) is 10.3. The van der Waals surface area contributed by atoms with Crippen LogP contribution in [-0.2, 0) is 0 Å². The minimum atomic E-state index is 0.871. The fourth-order valence-electron chi connectivity index (χ4n) is 2.19. The van der Waals surface area contributed by atoms with Crippen molar-refractivity contribution >= 4 is 47.0 Å². The first-order valence-electron chi connectivity index (χ1n) is 7.55. The fraction of sp³-hybridized carbons (Fsp3) is 0.200. The quantitative estimate of drug-likeness (QED) is 0.479. The predicted octanol–water partition coefficient (Wildman–Crippen LogP) is 6.98. The smallest absolute Gasteiger partial charge is 0.0726 e. The number of hydrogen-bond donors (Lipinski definition) is 0. The summed E-state index contributed by atoms with van der Waals surface area (Å²) in [5.74, 6) is 9.23. The van der Waals surface area contributed by atoms with Crippen molar-refractivity contribution in [2.75, 3.05) is 0 Å². The summed E-state index contributed by atoms with van der Waals surface area (Å²) in [6.45, 7) is 6.59. The van der Waals surface area contributed by atoms with Crippen LogP contribution < -0.4 is 0 Å². The molecule has 4 heteroatoms. The molecule has 3 rings (SSSR count). The van der Waals surface area contributed by atoms with E-state index >= 15 is 0 Å². The molecule has 120 valence electrons. The highest BCUT2D eigenvalue weighted by Crippen LogP contribution is 2.59. The lowest BCUT2D eigenvalue weighted by atomic mass is 10.1. The van der Waals surface area contributed by atoms with Crippen LogP contribution in [0.2, 0.25) is 0 Å². The number of rotatable bonds is 1. The van der Waals surface area contributed by atoms with E-state index in [9.17, 15) is 0 Å². The highest BCUT2D eigenvalue weighted by molar-refractivity contribution is 8.34. The lowest BCUT2D eigenvalue weighted by molar-refractivity contribution is 1.19. The Kier molecular flexibility index (Phi) is 5.85. The van der Waals surface area contributed by atoms with Crippen molar-refractivity contribution in [1.29, 1.82) is 0 Å². The lowest BCUT2D eigenvalue weighted by Crippen LogP contribution is -1.78. The molecule has 24 heavy (non-hydrogen) atoms. The number of allylic oxidation sites excluding steroid dienone is 4. The zero-order valence-corrected chi connectivity index (χ0v) is 17.0. The summed E-state index contributed by atoms with van der Waals surface area (Å²) in [6, 6.07) is 7.84. The van der Waals surface area contributed by atoms with Gasteiger partial charge >= 0.3 is 0 Å². The van der Waals surface area contributed by atoms with Crippen molar-refractivity contribution < 1.29 is 0 Å². The molecule has 0 bridgehead atoms. The SMILES string of the molecule is C#Cc1cccc(C#CC2=C(C)S/C(=C3/SC(C)=C(CC)S3)S2)c1. The summed E-state index contributed by atoms with van der Waals surface area (Å²) in [5.41, 5.74) is 1.84. The van der Waals surface area contributed by atoms with Crippen LogP contribution >= 0.6 is 47.0 Å². The van der Waals surface area contributed by atoms with Crippen molar-refractivity contribution in [3.63, 3.8) is 0 Å². The van der Waals surface area contributed by atoms with Crippen LogP contribution in [-0.4, -0.2) is 0 Å². The minimum absolute atomic E-state index is 0.871. The topological polar surface area (TPSA) is 0 Å². The molecule has 0 spiro atoms. The second-order valence-electron chi connectivity index (χ2n) is 5.18. The van der Waals surface area contributed by atoms with Crippen molar-refractivity contribution in [2.45, 2.75) is 27.2 Å². The molecule has 1 aromatic carbocycles. The largest absolute Gasteiger partial charge is 0.115 e. The van der Waals surface area contributed by atoms with E-state index in [0.717, 1.165) is 22.5 Å². The Morgan fingerprint density at radius 3 is 2.33 bits per heavy atom. The van der Waals surface area contributed by atoms with Gasteiger partial charge in [-0.1, -0.05) is 77.8 Å². The van der Waals surface area contributed by atoms with E-state index in [1.54, 1.807) is 11.8 Å². The van der Waals surface area contributed by atoms with Crippen LogP contribution in [0, 0.1) is 24.2 Å². The highest BCUT2D eigenvalue weighted by Gasteiger charge is 2.25. The Labute approximate surface area is 161 Å². The molecule has 0 saturated heterocycles. The van der Waals surface area contributed by atoms with Crippen LogP contribution in [0.1, 0.15) is 38.3 Å². The summed E-state index contributed by atoms with van der Waals surface area (Å²) in [4.78, 5) is 5.37. The first kappa shape index (κ1) is 17.8. The number of benzene rings is 1. The van der Waals surface area contributed by atoms with Gasteiger partial charge in [-0.25, -0.2) is 0 Å². The average molecular weight is 385 g/mol. The van der Waals surface area contributed by atoms with Gasteiger partial charge in [0, 0.05) is 16.0 Å². The third-order valence-electron chi connectivity index (χ3n) is 3.45. The molecule has 0 radical (unpaired) electrons. The molecule has 0 saturated carbocycles. The zero-order valence-electron chi connectivity index (χ0n) is 13.7. The first-order chi connectivity index (χ1) is 11.6. The molecule has 2 aliphatic rings. The second kappa shape index (κ2) is 7.89. The molecular formula is C20H16S4. The van der Waals surface area contributed by atoms with Gasteiger partial charge in [-0.05, 0) is 48.3 Å². The van der Waals surface area contributed by atoms with E-state index in [2.05, 4.69) is 38.5 Å². The third kappa shape index (κ3) is 3.95. The van der Waals surface area contributed by atoms with E-state index < -0.39 is 0 Å². The van der Waals surface area contributed by atoms with Gasteiger partial charge in [-0.15, -0.1) is 6.42 Å². The number of terminal acetylenes is 1. The maximum Gasteiger partial charge on any atom is 0.0726 e. The summed E-state index contributed by atoms with van der Waals surface area (Å²) in [7, 11) is 0. The van der Waals surface area contributed by atoms with Gasteiger partial charge in [0.25, 0.3) is 0 Å². The van der Waals surface area contributed by atoms with Crippen LogP contribution in [0.4, 0.5) is 0 Å². The lowest BCUT2D eigenvalue weighted by Gasteiger charge is -2.01. The van der Waals surface area contributed by atoms with Crippen molar-refractivity contribution in [3.8, 4) is 24.2 Å². The van der Waals surface area contributed by atoms with Gasteiger partial charge in [0.05, 0.1) is 13.4 Å². The minimum Gasteiger partial charge on any atom is -0.115 e. The predicted molar refractivity (Wildman–Crippen MR) is 114 cm³/mol. The van der Waals surface area contributed by atoms with Crippen molar-refractivity contribution in [1.82, 2.24) is 0 Å². The van der Waals surface area contributed by atoms with Crippen LogP contribution in [0.5, 0.6) is 0 Å². The van der Waals surface area contributed by atoms with E-state index in [1.165, 1.54) is 23.2 Å². The standard InChI is InChI=1S/C20H16S4/c1-5-15-8-7-9-16(12-15)10-11-18-14(4)22-20(24-18)19-21-13(3)17(6-2)23-19/h1,7-9,12H,6H2,2-4H3/b20-19+. The summed E-state index contributed by atoms with van der Waals surface area (Å²) in [5, 5.41) is 0. The molecule has 0 amide bonds. The zero-order chi connectivity index (χ0) is 17.1. The summed E-state index contributed by atoms with van der Waals surface area (Å²) >= 11 is 7.47. The van der Waals surface area contributed by atoms with Crippen molar-refractivity contribution in [2.24, 2.45) is 0 Å². The van der Waals surface area contributed by atoms with Gasteiger partial charge in [0.15, 0.2) is 0 Å². The highest BCUT2D eigenvalue weighted by atomic mass is 32.2. The van der Waals surface area contributed by atoms with Crippen LogP contribution in [0.25, 0.3) is 0 Å². The molecule has 0 aromatic heterocycles. The molecule has 0 aliphatic carbocycles. The van der Waals surface area contributed by atoms with Crippen LogP contribution in [0.15, 0.2) is 52.4 Å². The Hall–Kier alpha value is -1.04. The first-order valence-corrected chi connectivity index (χ1v) is 10.8. The molecule has 1 aromatic rings. The van der Waals surface area contributed by atoms with E-state index in [4.69, 9.17) is 6.42 Å². The van der Waals surface area contributed by atoms with Gasteiger partial charge < -0.3 is 0 Å². The Bertz CT molecular complexity index is 882.